The molecule has 0 bridgehead atoms. The Morgan fingerprint density at radius 1 is 0.947 bits per heavy atom. The topological polar surface area (TPSA) is 12.0 Å². The number of benzene rings is 1. The molecule has 106 valence electrons. The Hall–Kier alpha value is -0.980. The maximum absolute atomic E-state index is 3.65. The predicted octanol–water partition coefficient (Wildman–Crippen LogP) is 5.55. The Morgan fingerprint density at radius 2 is 1.63 bits per heavy atom. The van der Waals surface area contributed by atoms with Crippen LogP contribution in [-0.4, -0.2) is 6.04 Å². The van der Waals surface area contributed by atoms with E-state index < -0.39 is 0 Å². The van der Waals surface area contributed by atoms with E-state index >= 15 is 0 Å². The second-order valence-electron chi connectivity index (χ2n) is 5.97. The van der Waals surface area contributed by atoms with Crippen LogP contribution < -0.4 is 5.32 Å². The van der Waals surface area contributed by atoms with E-state index in [0.717, 1.165) is 0 Å². The highest BCUT2D eigenvalue weighted by Gasteiger charge is 2.18. The van der Waals surface area contributed by atoms with Gasteiger partial charge in [-0.25, -0.2) is 0 Å². The lowest BCUT2D eigenvalue weighted by atomic mass is 10.0. The molecule has 1 aromatic rings. The Kier molecular flexibility index (Phi) is 6.26. The van der Waals surface area contributed by atoms with Crippen molar-refractivity contribution in [3.05, 3.63) is 29.8 Å². The quantitative estimate of drug-likeness (QED) is 0.573. The number of anilines is 1. The number of nitrogens with one attached hydrogen (secondary N) is 1. The summed E-state index contributed by atoms with van der Waals surface area (Å²) in [7, 11) is 0. The monoisotopic (exact) mass is 259 g/mol. The van der Waals surface area contributed by atoms with Crippen LogP contribution >= 0.6 is 0 Å². The van der Waals surface area contributed by atoms with Crippen molar-refractivity contribution >= 4 is 5.69 Å². The van der Waals surface area contributed by atoms with Crippen molar-refractivity contribution < 1.29 is 0 Å². The zero-order valence-electron chi connectivity index (χ0n) is 12.5. The lowest BCUT2D eigenvalue weighted by Gasteiger charge is -2.10. The van der Waals surface area contributed by atoms with Crippen LogP contribution in [0.3, 0.4) is 0 Å². The molecule has 0 amide bonds. The molecule has 0 saturated carbocycles. The summed E-state index contributed by atoms with van der Waals surface area (Å²) in [6, 6.07) is 9.44. The summed E-state index contributed by atoms with van der Waals surface area (Å²) in [4.78, 5) is 0. The van der Waals surface area contributed by atoms with Crippen LogP contribution in [0.5, 0.6) is 0 Å². The van der Waals surface area contributed by atoms with Gasteiger partial charge in [-0.05, 0) is 24.5 Å². The van der Waals surface area contributed by atoms with Gasteiger partial charge in [-0.15, -0.1) is 0 Å². The van der Waals surface area contributed by atoms with Gasteiger partial charge in [0.05, 0.1) is 0 Å². The Morgan fingerprint density at radius 3 is 2.37 bits per heavy atom. The lowest BCUT2D eigenvalue weighted by molar-refractivity contribution is 0.544. The summed E-state index contributed by atoms with van der Waals surface area (Å²) in [5, 5.41) is 3.65. The van der Waals surface area contributed by atoms with Crippen molar-refractivity contribution in [3.8, 4) is 0 Å². The van der Waals surface area contributed by atoms with Crippen molar-refractivity contribution in [2.45, 2.75) is 77.2 Å². The first kappa shape index (κ1) is 14.4. The summed E-state index contributed by atoms with van der Waals surface area (Å²) < 4.78 is 0. The Bertz CT molecular complexity index is 333. The molecule has 0 aliphatic carbocycles. The van der Waals surface area contributed by atoms with Crippen molar-refractivity contribution in [2.75, 3.05) is 5.32 Å². The minimum atomic E-state index is 0.692. The molecule has 1 nitrogen and oxygen atoms in total. The molecule has 1 aliphatic rings. The molecule has 1 aromatic carbocycles. The maximum atomic E-state index is 3.65. The summed E-state index contributed by atoms with van der Waals surface area (Å²) in [5.74, 6) is 0. The highest BCUT2D eigenvalue weighted by atomic mass is 14.9. The normalized spacial score (nSPS) is 17.2. The second-order valence-corrected chi connectivity index (χ2v) is 5.97. The van der Waals surface area contributed by atoms with Gasteiger partial charge in [0.15, 0.2) is 0 Å². The van der Waals surface area contributed by atoms with Crippen molar-refractivity contribution in [3.63, 3.8) is 0 Å². The van der Waals surface area contributed by atoms with Gasteiger partial charge in [0.1, 0.15) is 0 Å². The van der Waals surface area contributed by atoms with Gasteiger partial charge in [-0.3, -0.25) is 0 Å². The number of rotatable bonds is 9. The van der Waals surface area contributed by atoms with Crippen molar-refractivity contribution in [1.82, 2.24) is 0 Å². The van der Waals surface area contributed by atoms with Crippen LogP contribution in [0.4, 0.5) is 5.69 Å². The highest BCUT2D eigenvalue weighted by molar-refractivity contribution is 5.56. The molecule has 0 aromatic heterocycles. The predicted molar refractivity (Wildman–Crippen MR) is 84.8 cm³/mol. The smallest absolute Gasteiger partial charge is 0.0375 e. The minimum Gasteiger partial charge on any atom is -0.382 e. The van der Waals surface area contributed by atoms with Gasteiger partial charge in [0, 0.05) is 11.7 Å². The van der Waals surface area contributed by atoms with E-state index in [9.17, 15) is 0 Å². The fourth-order valence-electron chi connectivity index (χ4n) is 3.07. The third-order valence-corrected chi connectivity index (χ3v) is 4.25. The molecular formula is C18H29N. The Balaban J connectivity index is 1.49. The van der Waals surface area contributed by atoms with Gasteiger partial charge < -0.3 is 5.32 Å². The molecule has 0 radical (unpaired) electrons. The first-order valence-corrected chi connectivity index (χ1v) is 8.24. The maximum Gasteiger partial charge on any atom is 0.0375 e. The molecule has 1 aliphatic heterocycles. The van der Waals surface area contributed by atoms with Crippen molar-refractivity contribution in [2.24, 2.45) is 0 Å². The van der Waals surface area contributed by atoms with E-state index in [4.69, 9.17) is 0 Å². The summed E-state index contributed by atoms with van der Waals surface area (Å²) in [6.45, 7) is 2.28. The third kappa shape index (κ3) is 4.89. The van der Waals surface area contributed by atoms with Crippen LogP contribution in [0.15, 0.2) is 24.3 Å². The molecule has 1 atom stereocenters. The van der Waals surface area contributed by atoms with Crippen LogP contribution in [0.1, 0.15) is 70.3 Å². The SMILES string of the molecule is CCCCCCCCCCC1Cc2ccccc2N1. The molecule has 1 N–H and O–H groups in total. The standard InChI is InChI=1S/C18H29N/c1-2-3-4-5-6-7-8-9-13-17-15-16-12-10-11-14-18(16)19-17/h10-12,14,17,19H,2-9,13,15H2,1H3. The fraction of sp³-hybridized carbons (Fsp3) is 0.667. The van der Waals surface area contributed by atoms with Crippen LogP contribution in [0, 0.1) is 0 Å². The molecular weight excluding hydrogens is 230 g/mol. The largest absolute Gasteiger partial charge is 0.382 e. The first-order valence-electron chi connectivity index (χ1n) is 8.24. The number of unbranched alkanes of at least 4 members (excludes halogenated alkanes) is 7. The van der Waals surface area contributed by atoms with Gasteiger partial charge in [0.25, 0.3) is 0 Å². The fourth-order valence-corrected chi connectivity index (χ4v) is 3.07. The van der Waals surface area contributed by atoms with Gasteiger partial charge in [0.2, 0.25) is 0 Å². The molecule has 0 fully saturated rings. The van der Waals surface area contributed by atoms with Gasteiger partial charge in [-0.1, -0.05) is 76.5 Å². The van der Waals surface area contributed by atoms with Crippen molar-refractivity contribution in [1.29, 1.82) is 0 Å². The zero-order chi connectivity index (χ0) is 13.3. The highest BCUT2D eigenvalue weighted by Crippen LogP contribution is 2.27. The zero-order valence-corrected chi connectivity index (χ0v) is 12.5. The van der Waals surface area contributed by atoms with E-state index in [1.807, 2.05) is 0 Å². The molecule has 1 unspecified atom stereocenters. The van der Waals surface area contributed by atoms with Gasteiger partial charge >= 0.3 is 0 Å². The summed E-state index contributed by atoms with van der Waals surface area (Å²) in [6.07, 6.45) is 13.9. The summed E-state index contributed by atoms with van der Waals surface area (Å²) >= 11 is 0. The number of hydrogen-bond acceptors (Lipinski definition) is 1. The third-order valence-electron chi connectivity index (χ3n) is 4.25. The number of hydrogen-bond donors (Lipinski definition) is 1. The van der Waals surface area contributed by atoms with E-state index in [1.54, 1.807) is 0 Å². The van der Waals surface area contributed by atoms with E-state index in [1.165, 1.54) is 75.5 Å². The number of para-hydroxylation sites is 1. The molecule has 19 heavy (non-hydrogen) atoms. The van der Waals surface area contributed by atoms with E-state index in [2.05, 4.69) is 36.5 Å². The van der Waals surface area contributed by atoms with E-state index in [-0.39, 0.29) is 0 Å². The molecule has 0 saturated heterocycles. The molecule has 2 rings (SSSR count). The van der Waals surface area contributed by atoms with E-state index in [0.29, 0.717) is 6.04 Å². The lowest BCUT2D eigenvalue weighted by Crippen LogP contribution is -2.14. The number of fused-ring (bicyclic) bond motifs is 1. The van der Waals surface area contributed by atoms with Crippen LogP contribution in [0.2, 0.25) is 0 Å². The van der Waals surface area contributed by atoms with Crippen LogP contribution in [0.25, 0.3) is 0 Å². The molecule has 1 heterocycles. The Labute approximate surface area is 118 Å². The van der Waals surface area contributed by atoms with Gasteiger partial charge in [-0.2, -0.15) is 0 Å². The molecule has 0 spiro atoms. The molecule has 1 heteroatoms. The second kappa shape index (κ2) is 8.24. The first-order chi connectivity index (χ1) is 9.40. The summed E-state index contributed by atoms with van der Waals surface area (Å²) in [5.41, 5.74) is 2.87. The average molecular weight is 259 g/mol. The van der Waals surface area contributed by atoms with Crippen LogP contribution in [-0.2, 0) is 6.42 Å². The average Bonchev–Trinajstić information content (AvgIpc) is 2.84. The minimum absolute atomic E-state index is 0.692.